The number of aliphatic hydroxyl groups is 1. The van der Waals surface area contributed by atoms with Crippen LogP contribution in [0.4, 0.5) is 4.39 Å². The molecule has 0 amide bonds. The first kappa shape index (κ1) is 17.4. The fourth-order valence-corrected chi connectivity index (χ4v) is 3.96. The first-order valence-electron chi connectivity index (χ1n) is 8.79. The van der Waals surface area contributed by atoms with Crippen molar-refractivity contribution >= 4 is 0 Å². The Labute approximate surface area is 149 Å². The highest BCUT2D eigenvalue weighted by molar-refractivity contribution is 5.32. The van der Waals surface area contributed by atoms with Crippen LogP contribution in [0, 0.1) is 10.1 Å². The molecule has 142 valence electrons. The van der Waals surface area contributed by atoms with Crippen molar-refractivity contribution in [2.24, 2.45) is 0 Å². The second-order valence-electron chi connectivity index (χ2n) is 6.84. The number of ether oxygens (including phenoxy) is 3. The van der Waals surface area contributed by atoms with Gasteiger partial charge in [-0.15, -0.1) is 0 Å². The SMILES string of the molecule is O=[N+]([O-])C1C=CC(OC2CCNC3=C2C2OCCOC2C(O)C3)=C(F)C1. The van der Waals surface area contributed by atoms with Gasteiger partial charge in [0.1, 0.15) is 24.1 Å². The van der Waals surface area contributed by atoms with Crippen molar-refractivity contribution in [3.8, 4) is 0 Å². The van der Waals surface area contributed by atoms with Crippen LogP contribution in [0.2, 0.25) is 0 Å². The number of nitrogens with one attached hydrogen (secondary N) is 1. The van der Waals surface area contributed by atoms with E-state index < -0.39 is 41.2 Å². The minimum atomic E-state index is -1.06. The molecule has 0 bridgehead atoms. The van der Waals surface area contributed by atoms with Crippen molar-refractivity contribution in [2.75, 3.05) is 19.8 Å². The van der Waals surface area contributed by atoms with Gasteiger partial charge in [-0.1, -0.05) is 0 Å². The molecule has 8 nitrogen and oxygen atoms in total. The van der Waals surface area contributed by atoms with Crippen LogP contribution in [0.5, 0.6) is 0 Å². The number of aliphatic hydroxyl groups excluding tert-OH is 1. The van der Waals surface area contributed by atoms with Gasteiger partial charge in [0.2, 0.25) is 6.04 Å². The average molecular weight is 368 g/mol. The third-order valence-electron chi connectivity index (χ3n) is 5.19. The maximum Gasteiger partial charge on any atom is 0.238 e. The number of halogens is 1. The van der Waals surface area contributed by atoms with Gasteiger partial charge in [-0.25, -0.2) is 4.39 Å². The molecule has 5 atom stereocenters. The largest absolute Gasteiger partial charge is 0.483 e. The summed E-state index contributed by atoms with van der Waals surface area (Å²) in [5.41, 5.74) is 1.70. The van der Waals surface area contributed by atoms with E-state index in [1.807, 2.05) is 0 Å². The predicted octanol–water partition coefficient (Wildman–Crippen LogP) is 0.954. The van der Waals surface area contributed by atoms with Gasteiger partial charge >= 0.3 is 0 Å². The third kappa shape index (κ3) is 3.10. The molecule has 2 N–H and O–H groups in total. The molecule has 0 radical (unpaired) electrons. The minimum absolute atomic E-state index is 0.0289. The molecule has 9 heteroatoms. The summed E-state index contributed by atoms with van der Waals surface area (Å²) in [5.74, 6) is -0.593. The van der Waals surface area contributed by atoms with Gasteiger partial charge in [0.15, 0.2) is 5.76 Å². The summed E-state index contributed by atoms with van der Waals surface area (Å²) in [6.07, 6.45) is 1.38. The molecule has 4 rings (SSSR count). The highest BCUT2D eigenvalue weighted by Gasteiger charge is 2.45. The topological polar surface area (TPSA) is 103 Å². The summed E-state index contributed by atoms with van der Waals surface area (Å²) < 4.78 is 31.7. The van der Waals surface area contributed by atoms with Gasteiger partial charge in [-0.2, -0.15) is 0 Å². The van der Waals surface area contributed by atoms with Crippen molar-refractivity contribution in [3.05, 3.63) is 45.1 Å². The highest BCUT2D eigenvalue weighted by Crippen LogP contribution is 2.38. The van der Waals surface area contributed by atoms with Gasteiger partial charge in [0.25, 0.3) is 0 Å². The second kappa shape index (κ2) is 6.98. The average Bonchev–Trinajstić information content (AvgIpc) is 2.63. The smallest absolute Gasteiger partial charge is 0.238 e. The summed E-state index contributed by atoms with van der Waals surface area (Å²) in [6, 6.07) is -1.06. The van der Waals surface area contributed by atoms with Gasteiger partial charge in [-0.05, 0) is 12.2 Å². The number of hydrogen-bond acceptors (Lipinski definition) is 7. The van der Waals surface area contributed by atoms with Crippen LogP contribution < -0.4 is 5.32 Å². The number of allylic oxidation sites excluding steroid dienone is 1. The molecule has 5 unspecified atom stereocenters. The Morgan fingerprint density at radius 2 is 2.15 bits per heavy atom. The fourth-order valence-electron chi connectivity index (χ4n) is 3.96. The summed E-state index contributed by atoms with van der Waals surface area (Å²) in [7, 11) is 0. The molecule has 1 fully saturated rings. The quantitative estimate of drug-likeness (QED) is 0.565. The summed E-state index contributed by atoms with van der Waals surface area (Å²) in [6.45, 7) is 1.47. The molecule has 0 aromatic heterocycles. The molecule has 26 heavy (non-hydrogen) atoms. The molecular formula is C17H21FN2O6. The van der Waals surface area contributed by atoms with E-state index in [1.54, 1.807) is 0 Å². The Morgan fingerprint density at radius 3 is 2.92 bits per heavy atom. The van der Waals surface area contributed by atoms with Crippen LogP contribution >= 0.6 is 0 Å². The van der Waals surface area contributed by atoms with Gasteiger partial charge in [0, 0.05) is 35.6 Å². The molecule has 0 aromatic rings. The first-order chi connectivity index (χ1) is 12.5. The number of rotatable bonds is 3. The zero-order chi connectivity index (χ0) is 18.3. The molecule has 0 spiro atoms. The molecule has 2 heterocycles. The van der Waals surface area contributed by atoms with Gasteiger partial charge in [-0.3, -0.25) is 10.1 Å². The van der Waals surface area contributed by atoms with Gasteiger partial charge in [0.05, 0.1) is 25.7 Å². The van der Waals surface area contributed by atoms with Crippen LogP contribution in [0.3, 0.4) is 0 Å². The van der Waals surface area contributed by atoms with E-state index in [0.29, 0.717) is 32.6 Å². The van der Waals surface area contributed by atoms with E-state index in [9.17, 15) is 19.6 Å². The van der Waals surface area contributed by atoms with Gasteiger partial charge < -0.3 is 24.6 Å². The second-order valence-corrected chi connectivity index (χ2v) is 6.84. The summed E-state index contributed by atoms with van der Waals surface area (Å²) >= 11 is 0. The summed E-state index contributed by atoms with van der Waals surface area (Å²) in [5, 5.41) is 24.4. The summed E-state index contributed by atoms with van der Waals surface area (Å²) in [4.78, 5) is 10.3. The number of nitro groups is 1. The van der Waals surface area contributed by atoms with Crippen LogP contribution in [0.15, 0.2) is 35.0 Å². The van der Waals surface area contributed by atoms with Crippen molar-refractivity contribution in [1.82, 2.24) is 5.32 Å². The number of fused-ring (bicyclic) bond motifs is 2. The van der Waals surface area contributed by atoms with E-state index in [2.05, 4.69) is 5.32 Å². The van der Waals surface area contributed by atoms with Crippen LogP contribution in [0.1, 0.15) is 19.3 Å². The van der Waals surface area contributed by atoms with Crippen molar-refractivity contribution < 1.29 is 28.6 Å². The molecule has 0 saturated carbocycles. The Balaban J connectivity index is 1.57. The fraction of sp³-hybridized carbons (Fsp3) is 0.647. The molecule has 1 saturated heterocycles. The Morgan fingerprint density at radius 1 is 1.35 bits per heavy atom. The molecule has 4 aliphatic rings. The monoisotopic (exact) mass is 368 g/mol. The normalized spacial score (nSPS) is 36.9. The lowest BCUT2D eigenvalue weighted by Gasteiger charge is -2.45. The molecule has 2 aliphatic carbocycles. The van der Waals surface area contributed by atoms with Crippen molar-refractivity contribution in [2.45, 2.75) is 49.7 Å². The van der Waals surface area contributed by atoms with Crippen LogP contribution in [-0.4, -0.2) is 60.2 Å². The lowest BCUT2D eigenvalue weighted by atomic mass is 9.82. The zero-order valence-electron chi connectivity index (χ0n) is 14.1. The van der Waals surface area contributed by atoms with E-state index in [1.165, 1.54) is 12.2 Å². The van der Waals surface area contributed by atoms with E-state index in [-0.39, 0.29) is 12.2 Å². The molecular weight excluding hydrogens is 347 g/mol. The van der Waals surface area contributed by atoms with E-state index >= 15 is 0 Å². The maximum atomic E-state index is 14.3. The number of hydrogen-bond donors (Lipinski definition) is 2. The van der Waals surface area contributed by atoms with E-state index in [4.69, 9.17) is 14.2 Å². The predicted molar refractivity (Wildman–Crippen MR) is 87.3 cm³/mol. The zero-order valence-corrected chi connectivity index (χ0v) is 14.1. The Hall–Kier alpha value is -1.97. The van der Waals surface area contributed by atoms with Crippen LogP contribution in [0.25, 0.3) is 0 Å². The Kier molecular flexibility index (Phi) is 4.68. The minimum Gasteiger partial charge on any atom is -0.483 e. The van der Waals surface area contributed by atoms with Crippen LogP contribution in [-0.2, 0) is 14.2 Å². The van der Waals surface area contributed by atoms with E-state index in [0.717, 1.165) is 11.3 Å². The lowest BCUT2D eigenvalue weighted by Crippen LogP contribution is -2.55. The number of nitrogens with zero attached hydrogens (tertiary/aromatic N) is 1. The molecule has 2 aliphatic heterocycles. The molecule has 0 aromatic carbocycles. The lowest BCUT2D eigenvalue weighted by molar-refractivity contribution is -0.509. The maximum absolute atomic E-state index is 14.3. The van der Waals surface area contributed by atoms with Crippen molar-refractivity contribution in [1.29, 1.82) is 0 Å². The Bertz CT molecular complexity index is 691. The standard InChI is InChI=1S/C17H21FN2O6/c18-10-7-9(20(22)23)1-2-13(10)26-14-3-4-19-11-8-12(21)16-17(15(11)14)25-6-5-24-16/h1-2,9,12,14,16-17,19,21H,3-8H2. The highest BCUT2D eigenvalue weighted by atomic mass is 19.1. The van der Waals surface area contributed by atoms with Crippen molar-refractivity contribution in [3.63, 3.8) is 0 Å². The third-order valence-corrected chi connectivity index (χ3v) is 5.19. The first-order valence-corrected chi connectivity index (χ1v) is 8.79.